The molecule has 3 rings (SSSR count). The van der Waals surface area contributed by atoms with E-state index in [1.54, 1.807) is 35.9 Å². The van der Waals surface area contributed by atoms with E-state index in [0.29, 0.717) is 30.0 Å². The fourth-order valence-corrected chi connectivity index (χ4v) is 3.82. The molecule has 0 saturated carbocycles. The van der Waals surface area contributed by atoms with Crippen molar-refractivity contribution >= 4 is 35.0 Å². The van der Waals surface area contributed by atoms with Gasteiger partial charge in [0.15, 0.2) is 0 Å². The molecule has 0 radical (unpaired) electrons. The van der Waals surface area contributed by atoms with Gasteiger partial charge in [-0.2, -0.15) is 0 Å². The van der Waals surface area contributed by atoms with Crippen molar-refractivity contribution in [3.63, 3.8) is 0 Å². The third kappa shape index (κ3) is 3.85. The van der Waals surface area contributed by atoms with Gasteiger partial charge in [0.2, 0.25) is 5.91 Å². The Morgan fingerprint density at radius 1 is 1.27 bits per heavy atom. The molecule has 0 aromatic heterocycles. The average Bonchev–Trinajstić information content (AvgIpc) is 3.08. The zero-order valence-corrected chi connectivity index (χ0v) is 15.8. The number of nitrogens with zero attached hydrogens (tertiary/aromatic N) is 1. The molecule has 0 unspecified atom stereocenters. The van der Waals surface area contributed by atoms with Gasteiger partial charge >= 0.3 is 0 Å². The molecule has 1 aliphatic heterocycles. The van der Waals surface area contributed by atoms with E-state index in [1.807, 2.05) is 30.3 Å². The molecule has 1 heterocycles. The molecule has 6 heteroatoms. The molecule has 2 amide bonds. The Balaban J connectivity index is 1.82. The van der Waals surface area contributed by atoms with Crippen LogP contribution in [0.4, 0.5) is 11.4 Å². The van der Waals surface area contributed by atoms with Gasteiger partial charge in [0.05, 0.1) is 18.4 Å². The zero-order chi connectivity index (χ0) is 18.5. The number of thioether (sulfide) groups is 1. The minimum Gasteiger partial charge on any atom is -0.494 e. The van der Waals surface area contributed by atoms with Crippen LogP contribution in [0.25, 0.3) is 0 Å². The molecule has 0 spiro atoms. The van der Waals surface area contributed by atoms with Crippen LogP contribution in [-0.2, 0) is 4.79 Å². The summed E-state index contributed by atoms with van der Waals surface area (Å²) in [5.41, 5.74) is 2.03. The first-order valence-corrected chi connectivity index (χ1v) is 9.64. The molecule has 2 aromatic rings. The zero-order valence-electron chi connectivity index (χ0n) is 15.0. The van der Waals surface area contributed by atoms with Gasteiger partial charge in [0.1, 0.15) is 5.75 Å². The minimum atomic E-state index is -0.159. The van der Waals surface area contributed by atoms with Crippen LogP contribution in [0.15, 0.2) is 47.4 Å². The van der Waals surface area contributed by atoms with Crippen LogP contribution in [0.5, 0.6) is 5.75 Å². The van der Waals surface area contributed by atoms with E-state index in [9.17, 15) is 9.59 Å². The molecular weight excluding hydrogens is 348 g/mol. The summed E-state index contributed by atoms with van der Waals surface area (Å²) in [6, 6.07) is 12.9. The van der Waals surface area contributed by atoms with Crippen molar-refractivity contribution in [2.45, 2.75) is 24.7 Å². The number of carbonyl (C=O) groups is 2. The number of methoxy groups -OCH3 is 1. The quantitative estimate of drug-likeness (QED) is 0.775. The van der Waals surface area contributed by atoms with Crippen LogP contribution >= 0.6 is 11.8 Å². The Kier molecular flexibility index (Phi) is 5.83. The molecule has 0 bridgehead atoms. The number of benzene rings is 2. The van der Waals surface area contributed by atoms with Gasteiger partial charge in [-0.1, -0.05) is 19.1 Å². The predicted octanol–water partition coefficient (Wildman–Crippen LogP) is 4.19. The summed E-state index contributed by atoms with van der Waals surface area (Å²) in [6.07, 6.45) is 1.42. The number of ether oxygens (including phenoxy) is 1. The summed E-state index contributed by atoms with van der Waals surface area (Å²) < 4.78 is 5.45. The molecule has 0 atom stereocenters. The highest BCUT2D eigenvalue weighted by molar-refractivity contribution is 7.99. The fourth-order valence-electron chi connectivity index (χ4n) is 3.02. The topological polar surface area (TPSA) is 58.6 Å². The van der Waals surface area contributed by atoms with Gasteiger partial charge < -0.3 is 15.0 Å². The van der Waals surface area contributed by atoms with Crippen molar-refractivity contribution in [3.8, 4) is 5.75 Å². The van der Waals surface area contributed by atoms with Crippen LogP contribution in [0.1, 0.15) is 30.1 Å². The number of rotatable bonds is 6. The van der Waals surface area contributed by atoms with Gasteiger partial charge in [-0.05, 0) is 36.4 Å². The first-order valence-electron chi connectivity index (χ1n) is 8.65. The van der Waals surface area contributed by atoms with Gasteiger partial charge in [0.25, 0.3) is 5.91 Å². The smallest absolute Gasteiger partial charge is 0.256 e. The molecule has 1 saturated heterocycles. The first-order chi connectivity index (χ1) is 12.6. The Morgan fingerprint density at radius 2 is 2.08 bits per heavy atom. The molecule has 1 N–H and O–H groups in total. The third-order valence-corrected chi connectivity index (χ3v) is 5.19. The SMILES string of the molecule is CCSc1ccccc1C(=O)Nc1ccc(N2CCCC2=O)c(OC)c1. The van der Waals surface area contributed by atoms with Crippen LogP contribution in [0.2, 0.25) is 0 Å². The summed E-state index contributed by atoms with van der Waals surface area (Å²) >= 11 is 1.64. The van der Waals surface area contributed by atoms with Gasteiger partial charge in [-0.25, -0.2) is 0 Å². The Hall–Kier alpha value is -2.47. The molecule has 26 heavy (non-hydrogen) atoms. The van der Waals surface area contributed by atoms with E-state index in [-0.39, 0.29) is 11.8 Å². The molecule has 136 valence electrons. The third-order valence-electron chi connectivity index (χ3n) is 4.23. The van der Waals surface area contributed by atoms with E-state index < -0.39 is 0 Å². The van der Waals surface area contributed by atoms with Crippen molar-refractivity contribution in [2.24, 2.45) is 0 Å². The number of nitrogens with one attached hydrogen (secondary N) is 1. The molecule has 1 fully saturated rings. The maximum Gasteiger partial charge on any atom is 0.256 e. The van der Waals surface area contributed by atoms with E-state index in [1.165, 1.54) is 0 Å². The van der Waals surface area contributed by atoms with Crippen molar-refractivity contribution < 1.29 is 14.3 Å². The molecule has 1 aliphatic rings. The number of hydrogen-bond acceptors (Lipinski definition) is 4. The Bertz CT molecular complexity index is 822. The van der Waals surface area contributed by atoms with E-state index in [2.05, 4.69) is 12.2 Å². The molecule has 5 nitrogen and oxygen atoms in total. The van der Waals surface area contributed by atoms with Gasteiger partial charge in [-0.3, -0.25) is 9.59 Å². The van der Waals surface area contributed by atoms with Crippen LogP contribution in [0.3, 0.4) is 0 Å². The van der Waals surface area contributed by atoms with Gasteiger partial charge in [0, 0.05) is 29.6 Å². The van der Waals surface area contributed by atoms with Crippen LogP contribution in [0, 0.1) is 0 Å². The Labute approximate surface area is 157 Å². The highest BCUT2D eigenvalue weighted by Crippen LogP contribution is 2.34. The lowest BCUT2D eigenvalue weighted by Crippen LogP contribution is -2.24. The molecule has 2 aromatic carbocycles. The number of carbonyl (C=O) groups excluding carboxylic acids is 2. The van der Waals surface area contributed by atoms with Crippen molar-refractivity contribution in [2.75, 3.05) is 29.6 Å². The highest BCUT2D eigenvalue weighted by Gasteiger charge is 2.24. The first kappa shape index (κ1) is 18.3. The second kappa shape index (κ2) is 8.27. The summed E-state index contributed by atoms with van der Waals surface area (Å²) in [5, 5.41) is 2.93. The number of anilines is 2. The molecular formula is C20H22N2O3S. The van der Waals surface area contributed by atoms with Crippen molar-refractivity contribution in [3.05, 3.63) is 48.0 Å². The summed E-state index contributed by atoms with van der Waals surface area (Å²) in [7, 11) is 1.57. The predicted molar refractivity (Wildman–Crippen MR) is 105 cm³/mol. The molecule has 0 aliphatic carbocycles. The second-order valence-corrected chi connectivity index (χ2v) is 7.22. The number of hydrogen-bond donors (Lipinski definition) is 1. The standard InChI is InChI=1S/C20H22N2O3S/c1-3-26-18-8-5-4-7-15(18)20(24)21-14-10-11-16(17(13-14)25-2)22-12-6-9-19(22)23/h4-5,7-8,10-11,13H,3,6,9,12H2,1-2H3,(H,21,24). The van der Waals surface area contributed by atoms with Crippen molar-refractivity contribution in [1.82, 2.24) is 0 Å². The normalized spacial score (nSPS) is 13.8. The highest BCUT2D eigenvalue weighted by atomic mass is 32.2. The fraction of sp³-hybridized carbons (Fsp3) is 0.300. The number of amides is 2. The average molecular weight is 370 g/mol. The lowest BCUT2D eigenvalue weighted by molar-refractivity contribution is -0.117. The summed E-state index contributed by atoms with van der Waals surface area (Å²) in [6.45, 7) is 2.76. The Morgan fingerprint density at radius 3 is 2.77 bits per heavy atom. The largest absolute Gasteiger partial charge is 0.494 e. The minimum absolute atomic E-state index is 0.102. The monoisotopic (exact) mass is 370 g/mol. The van der Waals surface area contributed by atoms with E-state index in [4.69, 9.17) is 4.74 Å². The summed E-state index contributed by atoms with van der Waals surface area (Å²) in [4.78, 5) is 27.4. The van der Waals surface area contributed by atoms with Crippen molar-refractivity contribution in [1.29, 1.82) is 0 Å². The second-order valence-electron chi connectivity index (χ2n) is 5.92. The van der Waals surface area contributed by atoms with E-state index >= 15 is 0 Å². The maximum absolute atomic E-state index is 12.7. The lowest BCUT2D eigenvalue weighted by Gasteiger charge is -2.20. The van der Waals surface area contributed by atoms with E-state index in [0.717, 1.165) is 22.8 Å². The van der Waals surface area contributed by atoms with Crippen LogP contribution < -0.4 is 15.0 Å². The van der Waals surface area contributed by atoms with Crippen LogP contribution in [-0.4, -0.2) is 31.2 Å². The lowest BCUT2D eigenvalue weighted by atomic mass is 10.2. The summed E-state index contributed by atoms with van der Waals surface area (Å²) in [5.74, 6) is 1.42. The van der Waals surface area contributed by atoms with Gasteiger partial charge in [-0.15, -0.1) is 11.8 Å². The maximum atomic E-state index is 12.7.